The molecule has 0 aliphatic carbocycles. The number of hydrogen-bond donors (Lipinski definition) is 2. The number of carbonyl (C=O) groups is 2. The van der Waals surface area contributed by atoms with E-state index in [-0.39, 0.29) is 11.5 Å². The van der Waals surface area contributed by atoms with E-state index in [0.717, 1.165) is 16.9 Å². The van der Waals surface area contributed by atoms with Gasteiger partial charge in [0.05, 0.1) is 12.2 Å². The van der Waals surface area contributed by atoms with E-state index in [1.165, 1.54) is 12.1 Å². The molecule has 3 aromatic rings. The van der Waals surface area contributed by atoms with Gasteiger partial charge in [-0.3, -0.25) is 14.8 Å². The van der Waals surface area contributed by atoms with Gasteiger partial charge < -0.3 is 14.4 Å². The van der Waals surface area contributed by atoms with E-state index in [4.69, 9.17) is 14.7 Å². The second kappa shape index (κ2) is 8.72. The first-order chi connectivity index (χ1) is 15.4. The maximum atomic E-state index is 13.1. The summed E-state index contributed by atoms with van der Waals surface area (Å²) >= 11 is 0. The Labute approximate surface area is 186 Å². The summed E-state index contributed by atoms with van der Waals surface area (Å²) in [7, 11) is 0. The Morgan fingerprint density at radius 2 is 1.75 bits per heavy atom. The molecule has 0 radical (unpaired) electrons. The van der Waals surface area contributed by atoms with E-state index in [2.05, 4.69) is 0 Å². The van der Waals surface area contributed by atoms with Crippen LogP contribution in [0.1, 0.15) is 35.3 Å². The highest BCUT2D eigenvalue weighted by atomic mass is 16.5. The van der Waals surface area contributed by atoms with E-state index in [1.807, 2.05) is 54.6 Å². The minimum absolute atomic E-state index is 0.219. The molecule has 1 heterocycles. The highest BCUT2D eigenvalue weighted by Crippen LogP contribution is 2.39. The molecule has 7 nitrogen and oxygen atoms in total. The lowest BCUT2D eigenvalue weighted by Gasteiger charge is -2.39. The van der Waals surface area contributed by atoms with Crippen molar-refractivity contribution in [1.29, 1.82) is 0 Å². The van der Waals surface area contributed by atoms with Crippen molar-refractivity contribution < 1.29 is 24.3 Å². The number of anilines is 1. The van der Waals surface area contributed by atoms with Crippen molar-refractivity contribution >= 4 is 17.5 Å². The number of benzene rings is 3. The molecular weight excluding hydrogens is 408 g/mol. The first kappa shape index (κ1) is 21.4. The van der Waals surface area contributed by atoms with Crippen LogP contribution in [0.3, 0.4) is 0 Å². The predicted molar refractivity (Wildman–Crippen MR) is 119 cm³/mol. The largest absolute Gasteiger partial charge is 0.489 e. The van der Waals surface area contributed by atoms with E-state index in [9.17, 15) is 9.59 Å². The highest BCUT2D eigenvalue weighted by Gasteiger charge is 2.41. The zero-order chi connectivity index (χ0) is 22.7. The summed E-state index contributed by atoms with van der Waals surface area (Å²) in [6, 6.07) is 22.1. The smallest absolute Gasteiger partial charge is 0.274 e. The molecule has 0 saturated heterocycles. The Bertz CT molecular complexity index is 1130. The maximum absolute atomic E-state index is 13.1. The molecule has 0 aromatic heterocycles. The van der Waals surface area contributed by atoms with Gasteiger partial charge in [-0.15, -0.1) is 0 Å². The molecule has 0 unspecified atom stereocenters. The highest BCUT2D eigenvalue weighted by molar-refractivity contribution is 6.04. The lowest BCUT2D eigenvalue weighted by atomic mass is 10.0. The molecule has 0 saturated carbocycles. The van der Waals surface area contributed by atoms with Crippen LogP contribution in [-0.2, 0) is 17.9 Å². The Balaban J connectivity index is 1.55. The average molecular weight is 432 g/mol. The number of hydrogen-bond acceptors (Lipinski definition) is 5. The van der Waals surface area contributed by atoms with E-state index in [0.29, 0.717) is 24.6 Å². The zero-order valence-corrected chi connectivity index (χ0v) is 17.9. The van der Waals surface area contributed by atoms with Crippen LogP contribution in [0, 0.1) is 0 Å². The van der Waals surface area contributed by atoms with Crippen LogP contribution in [-0.4, -0.2) is 22.6 Å². The van der Waals surface area contributed by atoms with Crippen LogP contribution >= 0.6 is 0 Å². The Morgan fingerprint density at radius 3 is 2.44 bits per heavy atom. The standard InChI is InChI=1S/C25H24N2O5/c1-25(2)24(29)27(21-14-19(23(28)26-30)10-13-22(21)32-25)15-17-8-11-20(12-9-17)31-16-18-6-4-3-5-7-18/h3-14,30H,15-16H2,1-2H3,(H,26,28). The second-order valence-corrected chi connectivity index (χ2v) is 8.05. The van der Waals surface area contributed by atoms with Crippen LogP contribution in [0.15, 0.2) is 72.8 Å². The number of rotatable bonds is 6. The average Bonchev–Trinajstić information content (AvgIpc) is 2.81. The number of nitrogens with one attached hydrogen (secondary N) is 1. The monoisotopic (exact) mass is 432 g/mol. The molecule has 0 atom stereocenters. The summed E-state index contributed by atoms with van der Waals surface area (Å²) in [5.41, 5.74) is 3.23. The molecule has 0 fully saturated rings. The van der Waals surface area contributed by atoms with Crippen molar-refractivity contribution in [3.63, 3.8) is 0 Å². The Kier molecular flexibility index (Phi) is 5.83. The van der Waals surface area contributed by atoms with Crippen molar-refractivity contribution in [2.45, 2.75) is 32.6 Å². The molecule has 3 aromatic carbocycles. The summed E-state index contributed by atoms with van der Waals surface area (Å²) < 4.78 is 11.7. The van der Waals surface area contributed by atoms with E-state index in [1.54, 1.807) is 30.3 Å². The molecule has 4 rings (SSSR count). The number of nitrogens with zero attached hydrogens (tertiary/aromatic N) is 1. The SMILES string of the molecule is CC1(C)Oc2ccc(C(=O)NO)cc2N(Cc2ccc(OCc3ccccc3)cc2)C1=O. The fourth-order valence-electron chi connectivity index (χ4n) is 3.54. The second-order valence-electron chi connectivity index (χ2n) is 8.05. The summed E-state index contributed by atoms with van der Waals surface area (Å²) in [4.78, 5) is 26.6. The van der Waals surface area contributed by atoms with Crippen molar-refractivity contribution in [3.05, 3.63) is 89.5 Å². The molecule has 32 heavy (non-hydrogen) atoms. The van der Waals surface area contributed by atoms with Crippen LogP contribution in [0.25, 0.3) is 0 Å². The van der Waals surface area contributed by atoms with Crippen molar-refractivity contribution in [2.24, 2.45) is 0 Å². The summed E-state index contributed by atoms with van der Waals surface area (Å²) in [5.74, 6) is 0.335. The molecule has 164 valence electrons. The topological polar surface area (TPSA) is 88.1 Å². The van der Waals surface area contributed by atoms with Gasteiger partial charge in [0.25, 0.3) is 11.8 Å². The fraction of sp³-hybridized carbons (Fsp3) is 0.200. The fourth-order valence-corrected chi connectivity index (χ4v) is 3.54. The third-order valence-corrected chi connectivity index (χ3v) is 5.25. The van der Waals surface area contributed by atoms with E-state index < -0.39 is 11.5 Å². The van der Waals surface area contributed by atoms with Gasteiger partial charge in [-0.05, 0) is 55.3 Å². The predicted octanol–water partition coefficient (Wildman–Crippen LogP) is 4.09. The zero-order valence-electron chi connectivity index (χ0n) is 17.9. The number of fused-ring (bicyclic) bond motifs is 1. The maximum Gasteiger partial charge on any atom is 0.274 e. The third-order valence-electron chi connectivity index (χ3n) is 5.25. The molecule has 7 heteroatoms. The molecule has 0 bridgehead atoms. The molecule has 2 amide bonds. The van der Waals surface area contributed by atoms with Gasteiger partial charge in [-0.25, -0.2) is 5.48 Å². The normalized spacial score (nSPS) is 14.3. The molecule has 2 N–H and O–H groups in total. The van der Waals surface area contributed by atoms with Crippen LogP contribution in [0.2, 0.25) is 0 Å². The van der Waals surface area contributed by atoms with Crippen molar-refractivity contribution in [3.8, 4) is 11.5 Å². The molecule has 1 aliphatic rings. The summed E-state index contributed by atoms with van der Waals surface area (Å²) in [6.45, 7) is 4.18. The van der Waals surface area contributed by atoms with Gasteiger partial charge in [0.2, 0.25) is 0 Å². The number of carbonyl (C=O) groups excluding carboxylic acids is 2. The molecular formula is C25H24N2O5. The minimum Gasteiger partial charge on any atom is -0.489 e. The Morgan fingerprint density at radius 1 is 1.03 bits per heavy atom. The van der Waals surface area contributed by atoms with Crippen molar-refractivity contribution in [2.75, 3.05) is 4.90 Å². The van der Waals surface area contributed by atoms with Gasteiger partial charge in [0.1, 0.15) is 18.1 Å². The third kappa shape index (κ3) is 4.43. The summed E-state index contributed by atoms with van der Waals surface area (Å²) in [5, 5.41) is 8.95. The quantitative estimate of drug-likeness (QED) is 0.453. The van der Waals surface area contributed by atoms with Crippen LogP contribution in [0.4, 0.5) is 5.69 Å². The molecule has 0 spiro atoms. The van der Waals surface area contributed by atoms with Crippen molar-refractivity contribution in [1.82, 2.24) is 5.48 Å². The van der Waals surface area contributed by atoms with Gasteiger partial charge in [-0.2, -0.15) is 0 Å². The summed E-state index contributed by atoms with van der Waals surface area (Å²) in [6.07, 6.45) is 0. The molecule has 1 aliphatic heterocycles. The number of ether oxygens (including phenoxy) is 2. The van der Waals surface area contributed by atoms with Gasteiger partial charge >= 0.3 is 0 Å². The lowest BCUT2D eigenvalue weighted by Crippen LogP contribution is -2.52. The van der Waals surface area contributed by atoms with Gasteiger partial charge in [-0.1, -0.05) is 42.5 Å². The minimum atomic E-state index is -1.05. The Hall–Kier alpha value is -3.84. The first-order valence-electron chi connectivity index (χ1n) is 10.2. The lowest BCUT2D eigenvalue weighted by molar-refractivity contribution is -0.132. The number of amides is 2. The van der Waals surface area contributed by atoms with Gasteiger partial charge in [0.15, 0.2) is 5.60 Å². The first-order valence-corrected chi connectivity index (χ1v) is 10.2. The van der Waals surface area contributed by atoms with Crippen LogP contribution < -0.4 is 19.9 Å². The van der Waals surface area contributed by atoms with Crippen LogP contribution in [0.5, 0.6) is 11.5 Å². The van der Waals surface area contributed by atoms with Gasteiger partial charge in [0, 0.05) is 5.56 Å². The number of hydroxylamine groups is 1. The van der Waals surface area contributed by atoms with E-state index >= 15 is 0 Å².